The highest BCUT2D eigenvalue weighted by Gasteiger charge is 2.21. The molecule has 0 atom stereocenters. The first-order chi connectivity index (χ1) is 9.40. The zero-order valence-corrected chi connectivity index (χ0v) is 10.9. The first-order valence-corrected chi connectivity index (χ1v) is 7.10. The molecular formula is C12H12N6S. The minimum Gasteiger partial charge on any atom is -0.355 e. The van der Waals surface area contributed by atoms with E-state index in [1.807, 2.05) is 16.8 Å². The average molecular weight is 272 g/mol. The summed E-state index contributed by atoms with van der Waals surface area (Å²) in [5, 5.41) is 7.27. The van der Waals surface area contributed by atoms with Crippen LogP contribution >= 0.6 is 11.3 Å². The third kappa shape index (κ3) is 1.82. The van der Waals surface area contributed by atoms with Crippen LogP contribution in [0, 0.1) is 0 Å². The number of imidazole rings is 1. The van der Waals surface area contributed by atoms with Gasteiger partial charge in [0.15, 0.2) is 11.5 Å². The maximum atomic E-state index is 4.61. The molecule has 6 nitrogen and oxygen atoms in total. The van der Waals surface area contributed by atoms with Gasteiger partial charge in [0, 0.05) is 18.5 Å². The van der Waals surface area contributed by atoms with E-state index in [2.05, 4.69) is 30.2 Å². The second-order valence-electron chi connectivity index (χ2n) is 4.45. The van der Waals surface area contributed by atoms with Crippen molar-refractivity contribution in [2.45, 2.75) is 6.42 Å². The molecule has 96 valence electrons. The fourth-order valence-electron chi connectivity index (χ4n) is 2.10. The van der Waals surface area contributed by atoms with Crippen LogP contribution in [0.4, 0.5) is 17.5 Å². The van der Waals surface area contributed by atoms with E-state index in [9.17, 15) is 0 Å². The van der Waals surface area contributed by atoms with E-state index in [1.165, 1.54) is 6.42 Å². The van der Waals surface area contributed by atoms with Crippen molar-refractivity contribution in [2.24, 2.45) is 0 Å². The van der Waals surface area contributed by atoms with Crippen molar-refractivity contribution in [3.63, 3.8) is 0 Å². The van der Waals surface area contributed by atoms with E-state index in [4.69, 9.17) is 0 Å². The molecule has 7 heteroatoms. The van der Waals surface area contributed by atoms with Crippen molar-refractivity contribution < 1.29 is 0 Å². The third-order valence-corrected chi connectivity index (χ3v) is 3.88. The molecule has 0 amide bonds. The lowest BCUT2D eigenvalue weighted by molar-refractivity contribution is 0.611. The van der Waals surface area contributed by atoms with Crippen molar-refractivity contribution >= 4 is 40.0 Å². The number of rotatable bonds is 3. The highest BCUT2D eigenvalue weighted by atomic mass is 32.1. The summed E-state index contributed by atoms with van der Waals surface area (Å²) in [6.45, 7) is 2.09. The molecule has 0 bridgehead atoms. The monoisotopic (exact) mass is 272 g/mol. The molecule has 2 N–H and O–H groups in total. The highest BCUT2D eigenvalue weighted by Crippen LogP contribution is 2.27. The quantitative estimate of drug-likeness (QED) is 0.766. The fraction of sp³-hybridized carbons (Fsp3) is 0.250. The second kappa shape index (κ2) is 4.20. The Labute approximate surface area is 113 Å². The van der Waals surface area contributed by atoms with Gasteiger partial charge in [0.25, 0.3) is 0 Å². The molecule has 1 saturated heterocycles. The summed E-state index contributed by atoms with van der Waals surface area (Å²) in [5.41, 5.74) is 2.62. The van der Waals surface area contributed by atoms with Crippen LogP contribution in [0.25, 0.3) is 11.2 Å². The molecule has 1 fully saturated rings. The summed E-state index contributed by atoms with van der Waals surface area (Å²) in [7, 11) is 0. The number of nitrogens with zero attached hydrogens (tertiary/aromatic N) is 4. The molecule has 0 aliphatic carbocycles. The highest BCUT2D eigenvalue weighted by molar-refractivity contribution is 7.08. The van der Waals surface area contributed by atoms with Gasteiger partial charge in [-0.3, -0.25) is 0 Å². The van der Waals surface area contributed by atoms with Gasteiger partial charge >= 0.3 is 0 Å². The molecule has 3 aromatic heterocycles. The van der Waals surface area contributed by atoms with Gasteiger partial charge in [-0.1, -0.05) is 0 Å². The van der Waals surface area contributed by atoms with E-state index >= 15 is 0 Å². The van der Waals surface area contributed by atoms with Crippen LogP contribution in [0.2, 0.25) is 0 Å². The smallest absolute Gasteiger partial charge is 0.231 e. The third-order valence-electron chi connectivity index (χ3n) is 3.20. The summed E-state index contributed by atoms with van der Waals surface area (Å²) in [5.74, 6) is 1.53. The lowest BCUT2D eigenvalue weighted by Crippen LogP contribution is -2.38. The van der Waals surface area contributed by atoms with Crippen LogP contribution in [-0.2, 0) is 0 Å². The predicted octanol–water partition coefficient (Wildman–Crippen LogP) is 2.37. The van der Waals surface area contributed by atoms with Gasteiger partial charge in [-0.2, -0.15) is 21.3 Å². The molecule has 0 aromatic carbocycles. The van der Waals surface area contributed by atoms with Crippen LogP contribution < -0.4 is 10.2 Å². The van der Waals surface area contributed by atoms with Gasteiger partial charge in [-0.25, -0.2) is 4.98 Å². The molecule has 4 rings (SSSR count). The van der Waals surface area contributed by atoms with Gasteiger partial charge < -0.3 is 15.2 Å². The Morgan fingerprint density at radius 3 is 3.00 bits per heavy atom. The Balaban J connectivity index is 1.78. The van der Waals surface area contributed by atoms with Gasteiger partial charge in [-0.15, -0.1) is 0 Å². The number of H-pyrrole nitrogens is 1. The van der Waals surface area contributed by atoms with Crippen molar-refractivity contribution in [3.8, 4) is 0 Å². The second-order valence-corrected chi connectivity index (χ2v) is 5.23. The van der Waals surface area contributed by atoms with E-state index < -0.39 is 0 Å². The number of anilines is 3. The van der Waals surface area contributed by atoms with Crippen LogP contribution in [0.15, 0.2) is 23.2 Å². The van der Waals surface area contributed by atoms with Gasteiger partial charge in [-0.05, 0) is 17.9 Å². The van der Waals surface area contributed by atoms with Crippen LogP contribution in [-0.4, -0.2) is 33.0 Å². The topological polar surface area (TPSA) is 69.7 Å². The van der Waals surface area contributed by atoms with E-state index in [0.717, 1.165) is 30.1 Å². The first-order valence-electron chi connectivity index (χ1n) is 6.15. The Hall–Kier alpha value is -2.15. The van der Waals surface area contributed by atoms with Crippen molar-refractivity contribution in [3.05, 3.63) is 23.2 Å². The normalized spacial score (nSPS) is 14.6. The van der Waals surface area contributed by atoms with E-state index in [-0.39, 0.29) is 0 Å². The molecule has 1 aliphatic heterocycles. The SMILES string of the molecule is c1nc2nc(Nc3ccsc3)nc(N3CCC3)c2[nH]1. The largest absolute Gasteiger partial charge is 0.355 e. The fourth-order valence-corrected chi connectivity index (χ4v) is 2.68. The van der Waals surface area contributed by atoms with Crippen LogP contribution in [0.1, 0.15) is 6.42 Å². The summed E-state index contributed by atoms with van der Waals surface area (Å²) in [4.78, 5) is 18.6. The maximum absolute atomic E-state index is 4.61. The lowest BCUT2D eigenvalue weighted by atomic mass is 10.2. The molecule has 19 heavy (non-hydrogen) atoms. The minimum atomic E-state index is 0.597. The first kappa shape index (κ1) is 10.7. The molecular weight excluding hydrogens is 260 g/mol. The molecule has 0 unspecified atom stereocenters. The predicted molar refractivity (Wildman–Crippen MR) is 76.1 cm³/mol. The summed E-state index contributed by atoms with van der Waals surface area (Å²) in [6.07, 6.45) is 2.88. The molecule has 4 heterocycles. The number of hydrogen-bond donors (Lipinski definition) is 2. The number of thiophene rings is 1. The lowest BCUT2D eigenvalue weighted by Gasteiger charge is -2.32. The number of aromatic nitrogens is 4. The Kier molecular flexibility index (Phi) is 2.37. The Morgan fingerprint density at radius 1 is 1.32 bits per heavy atom. The van der Waals surface area contributed by atoms with E-state index in [1.54, 1.807) is 17.7 Å². The van der Waals surface area contributed by atoms with Gasteiger partial charge in [0.05, 0.1) is 12.0 Å². The molecule has 0 spiro atoms. The zero-order valence-electron chi connectivity index (χ0n) is 10.1. The summed E-state index contributed by atoms with van der Waals surface area (Å²) < 4.78 is 0. The maximum Gasteiger partial charge on any atom is 0.231 e. The number of fused-ring (bicyclic) bond motifs is 1. The van der Waals surface area contributed by atoms with Crippen LogP contribution in [0.3, 0.4) is 0 Å². The van der Waals surface area contributed by atoms with Crippen molar-refractivity contribution in [2.75, 3.05) is 23.3 Å². The molecule has 0 radical (unpaired) electrons. The van der Waals surface area contributed by atoms with Crippen molar-refractivity contribution in [1.82, 2.24) is 19.9 Å². The Bertz CT molecular complexity index is 700. The Morgan fingerprint density at radius 2 is 2.26 bits per heavy atom. The number of aromatic amines is 1. The van der Waals surface area contributed by atoms with E-state index in [0.29, 0.717) is 11.6 Å². The molecule has 0 saturated carbocycles. The van der Waals surface area contributed by atoms with Gasteiger partial charge in [0.1, 0.15) is 5.52 Å². The zero-order chi connectivity index (χ0) is 12.7. The van der Waals surface area contributed by atoms with Crippen molar-refractivity contribution in [1.29, 1.82) is 0 Å². The molecule has 1 aliphatic rings. The summed E-state index contributed by atoms with van der Waals surface area (Å²) >= 11 is 1.64. The summed E-state index contributed by atoms with van der Waals surface area (Å²) in [6, 6.07) is 2.01. The standard InChI is InChI=1S/C12H12N6S/c1-3-18(4-1)11-9-10(14-7-13-9)16-12(17-11)15-8-2-5-19-6-8/h2,5-7H,1,3-4H2,(H2,13,14,15,16,17). The number of hydrogen-bond acceptors (Lipinski definition) is 6. The van der Waals surface area contributed by atoms with Crippen LogP contribution in [0.5, 0.6) is 0 Å². The average Bonchev–Trinajstić information content (AvgIpc) is 2.97. The molecule has 3 aromatic rings. The number of nitrogens with one attached hydrogen (secondary N) is 2. The van der Waals surface area contributed by atoms with Gasteiger partial charge in [0.2, 0.25) is 5.95 Å². The minimum absolute atomic E-state index is 0.597.